The molecule has 1 aliphatic rings. The zero-order valence-corrected chi connectivity index (χ0v) is 17.9. The van der Waals surface area contributed by atoms with E-state index in [1.807, 2.05) is 31.2 Å². The summed E-state index contributed by atoms with van der Waals surface area (Å²) in [4.78, 5) is 10.7. The van der Waals surface area contributed by atoms with Crippen molar-refractivity contribution in [1.82, 2.24) is 25.8 Å². The third kappa shape index (κ3) is 5.20. The van der Waals surface area contributed by atoms with E-state index in [4.69, 9.17) is 0 Å². The number of nitrogens with one attached hydrogen (secondary N) is 3. The third-order valence-electron chi connectivity index (χ3n) is 5.50. The van der Waals surface area contributed by atoms with Gasteiger partial charge in [-0.1, -0.05) is 24.3 Å². The average molecular weight is 422 g/mol. The van der Waals surface area contributed by atoms with Gasteiger partial charge in [0.2, 0.25) is 0 Å². The summed E-state index contributed by atoms with van der Waals surface area (Å²) in [6.07, 6.45) is 3.52. The number of hydrogen-bond donors (Lipinski definition) is 3. The lowest BCUT2D eigenvalue weighted by molar-refractivity contribution is 0.462. The van der Waals surface area contributed by atoms with Crippen LogP contribution in [0.4, 0.5) is 10.1 Å². The van der Waals surface area contributed by atoms with Crippen molar-refractivity contribution in [2.45, 2.75) is 32.4 Å². The van der Waals surface area contributed by atoms with Crippen LogP contribution in [-0.4, -0.2) is 47.3 Å². The van der Waals surface area contributed by atoms with Gasteiger partial charge in [0, 0.05) is 38.3 Å². The number of hydrogen-bond acceptors (Lipinski definition) is 4. The van der Waals surface area contributed by atoms with E-state index >= 15 is 0 Å². The largest absolute Gasteiger partial charge is 0.367 e. The van der Waals surface area contributed by atoms with E-state index in [0.29, 0.717) is 12.2 Å². The average Bonchev–Trinajstić information content (AvgIpc) is 3.34. The second-order valence-corrected chi connectivity index (χ2v) is 7.84. The fourth-order valence-electron chi connectivity index (χ4n) is 3.93. The molecule has 0 amide bonds. The fourth-order valence-corrected chi connectivity index (χ4v) is 3.93. The van der Waals surface area contributed by atoms with Gasteiger partial charge in [-0.3, -0.25) is 10.1 Å². The Labute approximate surface area is 181 Å². The number of guanidine groups is 1. The summed E-state index contributed by atoms with van der Waals surface area (Å²) in [6, 6.07) is 13.6. The molecule has 2 heterocycles. The highest BCUT2D eigenvalue weighted by molar-refractivity contribution is 5.80. The van der Waals surface area contributed by atoms with Crippen molar-refractivity contribution in [2.75, 3.05) is 25.0 Å². The van der Waals surface area contributed by atoms with Crippen molar-refractivity contribution >= 4 is 11.6 Å². The van der Waals surface area contributed by atoms with E-state index in [9.17, 15) is 4.39 Å². The molecule has 1 atom stereocenters. The molecule has 3 aromatic rings. The summed E-state index contributed by atoms with van der Waals surface area (Å²) in [6.45, 7) is 4.22. The topological polar surface area (TPSA) is 81.2 Å². The molecule has 4 rings (SSSR count). The summed E-state index contributed by atoms with van der Waals surface area (Å²) < 4.78 is 14.3. The molecule has 0 bridgehead atoms. The van der Waals surface area contributed by atoms with E-state index in [-0.39, 0.29) is 11.9 Å². The molecule has 0 aliphatic carbocycles. The van der Waals surface area contributed by atoms with Gasteiger partial charge in [-0.05, 0) is 49.1 Å². The molecular formula is C23H28FN7. The standard InChI is InChI=1S/C23H28FN7/c1-16-8-9-20(24)21(11-16)31-10-4-7-19(14-31)29-23(25-2)26-13-17-5-3-6-18(12-17)22-27-15-28-30-22/h3,5-6,8-9,11-12,15,19H,4,7,10,13-14H2,1-2H3,(H2,25,26,29)(H,27,28,30). The predicted molar refractivity (Wildman–Crippen MR) is 122 cm³/mol. The number of aliphatic imine (C=N–C) groups is 1. The van der Waals surface area contributed by atoms with Crippen molar-refractivity contribution in [2.24, 2.45) is 4.99 Å². The lowest BCUT2D eigenvalue weighted by Gasteiger charge is -2.35. The molecule has 1 fully saturated rings. The van der Waals surface area contributed by atoms with Crippen molar-refractivity contribution in [3.63, 3.8) is 0 Å². The summed E-state index contributed by atoms with van der Waals surface area (Å²) in [5, 5.41) is 13.7. The minimum atomic E-state index is -0.166. The zero-order chi connectivity index (χ0) is 21.6. The molecule has 1 aliphatic heterocycles. The first-order chi connectivity index (χ1) is 15.1. The maximum absolute atomic E-state index is 14.3. The Hall–Kier alpha value is -3.42. The lowest BCUT2D eigenvalue weighted by Crippen LogP contribution is -2.51. The van der Waals surface area contributed by atoms with Crippen molar-refractivity contribution in [3.8, 4) is 11.4 Å². The molecule has 31 heavy (non-hydrogen) atoms. The van der Waals surface area contributed by atoms with Crippen LogP contribution < -0.4 is 15.5 Å². The summed E-state index contributed by atoms with van der Waals surface area (Å²) >= 11 is 0. The van der Waals surface area contributed by atoms with Crippen LogP contribution in [-0.2, 0) is 6.54 Å². The number of aromatic nitrogens is 3. The van der Waals surface area contributed by atoms with Crippen LogP contribution in [0.25, 0.3) is 11.4 Å². The van der Waals surface area contributed by atoms with Gasteiger partial charge in [0.05, 0.1) is 5.69 Å². The molecular weight excluding hydrogens is 393 g/mol. The first-order valence-electron chi connectivity index (χ1n) is 10.6. The molecule has 1 aromatic heterocycles. The van der Waals surface area contributed by atoms with Gasteiger partial charge in [0.15, 0.2) is 11.8 Å². The van der Waals surface area contributed by atoms with Gasteiger partial charge >= 0.3 is 0 Å². The van der Waals surface area contributed by atoms with Gasteiger partial charge in [0.25, 0.3) is 0 Å². The van der Waals surface area contributed by atoms with E-state index in [1.54, 1.807) is 13.1 Å². The molecule has 8 heteroatoms. The second kappa shape index (κ2) is 9.59. The SMILES string of the molecule is CN=C(NCc1cccc(-c2ncn[nH]2)c1)NC1CCCN(c2cc(C)ccc2F)C1. The first-order valence-corrected chi connectivity index (χ1v) is 10.6. The van der Waals surface area contributed by atoms with Crippen LogP contribution in [0.3, 0.4) is 0 Å². The Morgan fingerprint density at radius 3 is 3.00 bits per heavy atom. The van der Waals surface area contributed by atoms with Crippen LogP contribution in [0, 0.1) is 12.7 Å². The molecule has 2 aromatic carbocycles. The van der Waals surface area contributed by atoms with Crippen LogP contribution in [0.1, 0.15) is 24.0 Å². The van der Waals surface area contributed by atoms with Crippen molar-refractivity contribution in [3.05, 3.63) is 65.7 Å². The maximum Gasteiger partial charge on any atom is 0.191 e. The van der Waals surface area contributed by atoms with E-state index < -0.39 is 0 Å². The Morgan fingerprint density at radius 2 is 2.19 bits per heavy atom. The number of rotatable bonds is 5. The highest BCUT2D eigenvalue weighted by Gasteiger charge is 2.23. The third-order valence-corrected chi connectivity index (χ3v) is 5.50. The number of anilines is 1. The monoisotopic (exact) mass is 421 g/mol. The second-order valence-electron chi connectivity index (χ2n) is 7.84. The van der Waals surface area contributed by atoms with E-state index in [0.717, 1.165) is 54.4 Å². The predicted octanol–water partition coefficient (Wildman–Crippen LogP) is 3.25. The van der Waals surface area contributed by atoms with Gasteiger partial charge in [0.1, 0.15) is 12.1 Å². The Balaban J connectivity index is 1.36. The molecule has 162 valence electrons. The first kappa shape index (κ1) is 20.8. The summed E-state index contributed by atoms with van der Waals surface area (Å²) in [5.41, 5.74) is 3.85. The summed E-state index contributed by atoms with van der Waals surface area (Å²) in [5.74, 6) is 1.32. The number of piperidine rings is 1. The maximum atomic E-state index is 14.3. The minimum Gasteiger partial charge on any atom is -0.367 e. The lowest BCUT2D eigenvalue weighted by atomic mass is 10.0. The summed E-state index contributed by atoms with van der Waals surface area (Å²) in [7, 11) is 1.76. The van der Waals surface area contributed by atoms with Crippen LogP contribution in [0.5, 0.6) is 0 Å². The van der Waals surface area contributed by atoms with Crippen molar-refractivity contribution < 1.29 is 4.39 Å². The number of H-pyrrole nitrogens is 1. The van der Waals surface area contributed by atoms with E-state index in [2.05, 4.69) is 47.8 Å². The number of nitrogens with zero attached hydrogens (tertiary/aromatic N) is 4. The van der Waals surface area contributed by atoms with Crippen LogP contribution in [0.2, 0.25) is 0 Å². The number of aromatic amines is 1. The molecule has 1 unspecified atom stereocenters. The molecule has 0 radical (unpaired) electrons. The van der Waals surface area contributed by atoms with Crippen LogP contribution >= 0.6 is 0 Å². The molecule has 7 nitrogen and oxygen atoms in total. The Kier molecular flexibility index (Phi) is 6.45. The van der Waals surface area contributed by atoms with Gasteiger partial charge < -0.3 is 15.5 Å². The zero-order valence-electron chi connectivity index (χ0n) is 17.9. The van der Waals surface area contributed by atoms with Crippen molar-refractivity contribution in [1.29, 1.82) is 0 Å². The fraction of sp³-hybridized carbons (Fsp3) is 0.348. The van der Waals surface area contributed by atoms with Gasteiger partial charge in [-0.25, -0.2) is 9.37 Å². The number of benzene rings is 2. The molecule has 0 saturated carbocycles. The van der Waals surface area contributed by atoms with Gasteiger partial charge in [-0.2, -0.15) is 5.10 Å². The highest BCUT2D eigenvalue weighted by atomic mass is 19.1. The molecule has 3 N–H and O–H groups in total. The Morgan fingerprint density at radius 1 is 1.29 bits per heavy atom. The quantitative estimate of drug-likeness (QED) is 0.435. The van der Waals surface area contributed by atoms with Gasteiger partial charge in [-0.15, -0.1) is 0 Å². The number of halogens is 1. The number of aryl methyl sites for hydroxylation is 1. The van der Waals surface area contributed by atoms with Crippen LogP contribution in [0.15, 0.2) is 53.8 Å². The molecule has 0 spiro atoms. The highest BCUT2D eigenvalue weighted by Crippen LogP contribution is 2.24. The van der Waals surface area contributed by atoms with E-state index in [1.165, 1.54) is 6.33 Å². The normalized spacial score (nSPS) is 16.9. The molecule has 1 saturated heterocycles. The minimum absolute atomic E-state index is 0.166. The smallest absolute Gasteiger partial charge is 0.191 e. The Bertz CT molecular complexity index is 1030.